The topological polar surface area (TPSA) is 72.5 Å². The average molecular weight is 309 g/mol. The van der Waals surface area contributed by atoms with E-state index >= 15 is 0 Å². The van der Waals surface area contributed by atoms with Gasteiger partial charge in [-0.1, -0.05) is 6.07 Å². The van der Waals surface area contributed by atoms with Crippen LogP contribution in [-0.4, -0.2) is 27.5 Å². The molecule has 2 unspecified atom stereocenters. The normalized spacial score (nSPS) is 27.8. The number of carbonyl (C=O) groups excluding carboxylic acids is 1. The number of benzene rings is 1. The fraction of sp³-hybridized carbons (Fsp3) is 0.533. The van der Waals surface area contributed by atoms with Gasteiger partial charge in [-0.15, -0.1) is 0 Å². The maximum Gasteiger partial charge on any atom is 0.264 e. The first kappa shape index (κ1) is 14.5. The number of hydrogen-bond acceptors (Lipinski definition) is 4. The molecule has 1 aromatic carbocycles. The number of carbonyl (C=O) groups is 1. The van der Waals surface area contributed by atoms with Crippen molar-refractivity contribution in [2.24, 2.45) is 11.3 Å². The van der Waals surface area contributed by atoms with Crippen molar-refractivity contribution in [3.63, 3.8) is 0 Å². The highest BCUT2D eigenvalue weighted by molar-refractivity contribution is 7.90. The molecule has 1 N–H and O–H groups in total. The third-order valence-electron chi connectivity index (χ3n) is 4.66. The van der Waals surface area contributed by atoms with Gasteiger partial charge in [-0.05, 0) is 49.9 Å². The molecule has 1 spiro atoms. The number of aryl methyl sites for hydroxylation is 2. The maximum atomic E-state index is 12.3. The summed E-state index contributed by atoms with van der Waals surface area (Å²) in [6.07, 6.45) is 1.57. The molecule has 3 rings (SSSR count). The zero-order valence-electron chi connectivity index (χ0n) is 12.2. The zero-order valence-corrected chi connectivity index (χ0v) is 13.0. The van der Waals surface area contributed by atoms with E-state index in [0.29, 0.717) is 13.2 Å². The van der Waals surface area contributed by atoms with Gasteiger partial charge < -0.3 is 4.74 Å². The molecule has 1 aliphatic heterocycles. The van der Waals surface area contributed by atoms with Gasteiger partial charge in [0.25, 0.3) is 10.0 Å². The van der Waals surface area contributed by atoms with E-state index in [1.807, 2.05) is 13.8 Å². The Kier molecular flexibility index (Phi) is 3.33. The van der Waals surface area contributed by atoms with Crippen LogP contribution < -0.4 is 4.72 Å². The number of nitrogens with one attached hydrogen (secondary N) is 1. The Labute approximate surface area is 124 Å². The molecule has 5 nitrogen and oxygen atoms in total. The van der Waals surface area contributed by atoms with Gasteiger partial charge in [0.2, 0.25) is 5.91 Å². The van der Waals surface area contributed by atoms with Gasteiger partial charge in [-0.2, -0.15) is 0 Å². The van der Waals surface area contributed by atoms with E-state index in [0.717, 1.165) is 24.0 Å². The first-order valence-corrected chi connectivity index (χ1v) is 8.54. The number of rotatable bonds is 3. The summed E-state index contributed by atoms with van der Waals surface area (Å²) in [6.45, 7) is 4.99. The first-order chi connectivity index (χ1) is 9.84. The van der Waals surface area contributed by atoms with Crippen molar-refractivity contribution in [1.29, 1.82) is 0 Å². The lowest BCUT2D eigenvalue weighted by molar-refractivity contribution is -0.121. The molecule has 1 saturated carbocycles. The van der Waals surface area contributed by atoms with Crippen LogP contribution in [0.2, 0.25) is 0 Å². The summed E-state index contributed by atoms with van der Waals surface area (Å²) in [6, 6.07) is 4.86. The van der Waals surface area contributed by atoms with E-state index in [1.54, 1.807) is 12.1 Å². The molecular formula is C15H19NO4S. The van der Waals surface area contributed by atoms with Gasteiger partial charge in [0, 0.05) is 17.9 Å². The third-order valence-corrected chi connectivity index (χ3v) is 6.01. The Balaban J connectivity index is 1.74. The van der Waals surface area contributed by atoms with E-state index in [2.05, 4.69) is 4.72 Å². The molecule has 2 atom stereocenters. The predicted octanol–water partition coefficient (Wildman–Crippen LogP) is 1.53. The summed E-state index contributed by atoms with van der Waals surface area (Å²) in [5.41, 5.74) is 1.80. The quantitative estimate of drug-likeness (QED) is 0.919. The monoisotopic (exact) mass is 309 g/mol. The van der Waals surface area contributed by atoms with Crippen molar-refractivity contribution in [3.05, 3.63) is 29.3 Å². The van der Waals surface area contributed by atoms with Crippen LogP contribution in [0.1, 0.15) is 24.0 Å². The van der Waals surface area contributed by atoms with Crippen LogP contribution in [0.5, 0.6) is 0 Å². The minimum atomic E-state index is -3.79. The largest absolute Gasteiger partial charge is 0.381 e. The smallest absolute Gasteiger partial charge is 0.264 e. The summed E-state index contributed by atoms with van der Waals surface area (Å²) in [5.74, 6) is -0.639. The second-order valence-corrected chi connectivity index (χ2v) is 7.82. The molecular weight excluding hydrogens is 290 g/mol. The van der Waals surface area contributed by atoms with Crippen molar-refractivity contribution in [2.75, 3.05) is 13.2 Å². The molecule has 2 fully saturated rings. The highest BCUT2D eigenvalue weighted by Crippen LogP contribution is 2.57. The average Bonchev–Trinajstić information content (AvgIpc) is 2.90. The lowest BCUT2D eigenvalue weighted by atomic mass is 10.0. The van der Waals surface area contributed by atoms with Gasteiger partial charge in [-0.25, -0.2) is 13.1 Å². The van der Waals surface area contributed by atoms with E-state index in [-0.39, 0.29) is 16.2 Å². The first-order valence-electron chi connectivity index (χ1n) is 7.06. The fourth-order valence-electron chi connectivity index (χ4n) is 2.92. The number of ether oxygens (including phenoxy) is 1. The van der Waals surface area contributed by atoms with Gasteiger partial charge >= 0.3 is 0 Å². The van der Waals surface area contributed by atoms with Gasteiger partial charge in [0.1, 0.15) is 0 Å². The van der Waals surface area contributed by atoms with Crippen LogP contribution in [0.3, 0.4) is 0 Å². The molecule has 2 aliphatic rings. The van der Waals surface area contributed by atoms with E-state index < -0.39 is 15.9 Å². The van der Waals surface area contributed by atoms with Crippen molar-refractivity contribution in [1.82, 2.24) is 4.72 Å². The number of hydrogen-bond donors (Lipinski definition) is 1. The Bertz CT molecular complexity index is 690. The Morgan fingerprint density at radius 1 is 1.33 bits per heavy atom. The van der Waals surface area contributed by atoms with Crippen molar-refractivity contribution in [3.8, 4) is 0 Å². The minimum absolute atomic E-state index is 0.108. The summed E-state index contributed by atoms with van der Waals surface area (Å²) < 4.78 is 32.1. The fourth-order valence-corrected chi connectivity index (χ4v) is 4.02. The molecule has 21 heavy (non-hydrogen) atoms. The van der Waals surface area contributed by atoms with Crippen LogP contribution in [-0.2, 0) is 19.6 Å². The van der Waals surface area contributed by atoms with Crippen molar-refractivity contribution >= 4 is 15.9 Å². The summed E-state index contributed by atoms with van der Waals surface area (Å²) in [5, 5.41) is 0. The third kappa shape index (κ3) is 2.58. The molecule has 1 heterocycles. The van der Waals surface area contributed by atoms with Crippen LogP contribution >= 0.6 is 0 Å². The standard InChI is InChI=1S/C15H19NO4S/c1-10-3-4-12(7-11(10)2)21(18,19)16-14(17)13-8-15(13)5-6-20-9-15/h3-4,7,13H,5-6,8-9H2,1-2H3,(H,16,17). The Morgan fingerprint density at radius 2 is 2.10 bits per heavy atom. The molecule has 6 heteroatoms. The Morgan fingerprint density at radius 3 is 2.71 bits per heavy atom. The minimum Gasteiger partial charge on any atom is -0.381 e. The van der Waals surface area contributed by atoms with Gasteiger partial charge in [0.15, 0.2) is 0 Å². The SMILES string of the molecule is Cc1ccc(S(=O)(=O)NC(=O)C2CC23CCOC3)cc1C. The van der Waals surface area contributed by atoms with Gasteiger partial charge in [-0.3, -0.25) is 4.79 Å². The van der Waals surface area contributed by atoms with Crippen molar-refractivity contribution in [2.45, 2.75) is 31.6 Å². The predicted molar refractivity (Wildman–Crippen MR) is 77.2 cm³/mol. The van der Waals surface area contributed by atoms with Crippen LogP contribution in [0.25, 0.3) is 0 Å². The highest BCUT2D eigenvalue weighted by Gasteiger charge is 2.60. The van der Waals surface area contributed by atoms with Gasteiger partial charge in [0.05, 0.1) is 11.5 Å². The molecule has 0 aromatic heterocycles. The Hall–Kier alpha value is -1.40. The molecule has 1 amide bonds. The number of sulfonamides is 1. The molecule has 1 aliphatic carbocycles. The van der Waals surface area contributed by atoms with E-state index in [4.69, 9.17) is 4.74 Å². The zero-order chi connectivity index (χ0) is 15.3. The number of amides is 1. The van der Waals surface area contributed by atoms with Crippen LogP contribution in [0, 0.1) is 25.2 Å². The summed E-state index contributed by atoms with van der Waals surface area (Å²) >= 11 is 0. The lowest BCUT2D eigenvalue weighted by Gasteiger charge is -2.10. The molecule has 114 valence electrons. The maximum absolute atomic E-state index is 12.3. The molecule has 0 bridgehead atoms. The second kappa shape index (κ2) is 4.81. The molecule has 1 aromatic rings. The highest BCUT2D eigenvalue weighted by atomic mass is 32.2. The van der Waals surface area contributed by atoms with Crippen LogP contribution in [0.4, 0.5) is 0 Å². The van der Waals surface area contributed by atoms with E-state index in [9.17, 15) is 13.2 Å². The van der Waals surface area contributed by atoms with Crippen molar-refractivity contribution < 1.29 is 17.9 Å². The summed E-state index contributed by atoms with van der Waals surface area (Å²) in [4.78, 5) is 12.3. The van der Waals surface area contributed by atoms with E-state index in [1.165, 1.54) is 6.07 Å². The molecule has 0 radical (unpaired) electrons. The second-order valence-electron chi connectivity index (χ2n) is 6.14. The lowest BCUT2D eigenvalue weighted by Crippen LogP contribution is -2.33. The summed E-state index contributed by atoms with van der Waals surface area (Å²) in [7, 11) is -3.79. The van der Waals surface area contributed by atoms with Crippen LogP contribution in [0.15, 0.2) is 23.1 Å². The molecule has 1 saturated heterocycles.